The lowest BCUT2D eigenvalue weighted by molar-refractivity contribution is -0.120. The van der Waals surface area contributed by atoms with Crippen molar-refractivity contribution >= 4 is 29.0 Å². The van der Waals surface area contributed by atoms with Crippen LogP contribution in [0.1, 0.15) is 12.8 Å². The topological polar surface area (TPSA) is 67.2 Å². The Morgan fingerprint density at radius 3 is 2.68 bits per heavy atom. The smallest absolute Gasteiger partial charge is 0.271 e. The zero-order valence-corrected chi connectivity index (χ0v) is 17.1. The van der Waals surface area contributed by atoms with E-state index in [9.17, 15) is 18.4 Å². The number of carbonyl (C=O) groups is 1. The predicted molar refractivity (Wildman–Crippen MR) is 115 cm³/mol. The lowest BCUT2D eigenvalue weighted by atomic mass is 9.97. The van der Waals surface area contributed by atoms with Gasteiger partial charge in [-0.2, -0.15) is 4.68 Å². The highest BCUT2D eigenvalue weighted by Gasteiger charge is 2.27. The van der Waals surface area contributed by atoms with Gasteiger partial charge in [0.25, 0.3) is 5.56 Å². The van der Waals surface area contributed by atoms with Crippen LogP contribution in [0.25, 0.3) is 5.69 Å². The molecule has 160 valence electrons. The molecule has 1 N–H and O–H groups in total. The number of nitrogens with one attached hydrogen (secondary N) is 1. The van der Waals surface area contributed by atoms with Gasteiger partial charge in [0.15, 0.2) is 0 Å². The Kier molecular flexibility index (Phi) is 5.99. The summed E-state index contributed by atoms with van der Waals surface area (Å²) < 4.78 is 27.9. The van der Waals surface area contributed by atoms with Crippen LogP contribution in [0.15, 0.2) is 59.4 Å². The van der Waals surface area contributed by atoms with E-state index in [2.05, 4.69) is 10.4 Å². The number of aromatic nitrogens is 2. The summed E-state index contributed by atoms with van der Waals surface area (Å²) in [5.41, 5.74) is 0.290. The van der Waals surface area contributed by atoms with Gasteiger partial charge in [-0.1, -0.05) is 17.7 Å². The Balaban J connectivity index is 1.52. The molecule has 1 fully saturated rings. The fraction of sp³-hybridized carbons (Fsp3) is 0.227. The quantitative estimate of drug-likeness (QED) is 0.660. The van der Waals surface area contributed by atoms with Gasteiger partial charge in [-0.25, -0.2) is 8.78 Å². The first-order valence-electron chi connectivity index (χ1n) is 9.78. The number of benzene rings is 2. The van der Waals surface area contributed by atoms with Gasteiger partial charge in [-0.3, -0.25) is 9.59 Å². The van der Waals surface area contributed by atoms with Gasteiger partial charge in [-0.05, 0) is 55.3 Å². The van der Waals surface area contributed by atoms with Crippen molar-refractivity contribution in [2.45, 2.75) is 12.8 Å². The normalized spacial score (nSPS) is 16.2. The fourth-order valence-corrected chi connectivity index (χ4v) is 3.80. The second kappa shape index (κ2) is 8.85. The van der Waals surface area contributed by atoms with Crippen LogP contribution < -0.4 is 15.8 Å². The van der Waals surface area contributed by atoms with Crippen LogP contribution in [0.5, 0.6) is 0 Å². The monoisotopic (exact) mass is 444 g/mol. The summed E-state index contributed by atoms with van der Waals surface area (Å²) in [6.07, 6.45) is 1.42. The van der Waals surface area contributed by atoms with Crippen molar-refractivity contribution in [1.82, 2.24) is 9.78 Å². The van der Waals surface area contributed by atoms with Crippen LogP contribution in [0.2, 0.25) is 5.02 Å². The number of hydrogen-bond donors (Lipinski definition) is 1. The van der Waals surface area contributed by atoms with Gasteiger partial charge in [0.05, 0.1) is 22.3 Å². The summed E-state index contributed by atoms with van der Waals surface area (Å²) >= 11 is 6.00. The highest BCUT2D eigenvalue weighted by atomic mass is 35.5. The zero-order chi connectivity index (χ0) is 22.0. The number of anilines is 2. The molecule has 2 aromatic carbocycles. The van der Waals surface area contributed by atoms with E-state index in [-0.39, 0.29) is 22.4 Å². The van der Waals surface area contributed by atoms with E-state index in [1.54, 1.807) is 12.1 Å². The minimum absolute atomic E-state index is 0.129. The SMILES string of the molecule is O=C(Nc1ccc(F)cc1Cl)[C@H]1CCCN(c2ccc(=O)n(-c3cccc(F)c3)n2)C1. The Hall–Kier alpha value is -3.26. The van der Waals surface area contributed by atoms with E-state index in [0.717, 1.165) is 17.2 Å². The van der Waals surface area contributed by atoms with Crippen LogP contribution >= 0.6 is 11.6 Å². The van der Waals surface area contributed by atoms with Crippen molar-refractivity contribution in [3.05, 3.63) is 81.6 Å². The van der Waals surface area contributed by atoms with Crippen molar-refractivity contribution in [2.24, 2.45) is 5.92 Å². The van der Waals surface area contributed by atoms with Crippen molar-refractivity contribution < 1.29 is 13.6 Å². The summed E-state index contributed by atoms with van der Waals surface area (Å²) in [4.78, 5) is 26.9. The minimum Gasteiger partial charge on any atom is -0.354 e. The average molecular weight is 445 g/mol. The fourth-order valence-electron chi connectivity index (χ4n) is 3.59. The average Bonchev–Trinajstić information content (AvgIpc) is 2.76. The predicted octanol–water partition coefficient (Wildman–Crippen LogP) is 4.02. The maximum Gasteiger partial charge on any atom is 0.271 e. The van der Waals surface area contributed by atoms with E-state index in [1.165, 1.54) is 36.4 Å². The standard InChI is InChI=1S/C22H19ClF2N4O2/c23-18-12-16(25)6-7-19(18)26-22(31)14-3-2-10-28(13-14)20-8-9-21(30)29(27-20)17-5-1-4-15(24)11-17/h1,4-9,11-12,14H,2-3,10,13H2,(H,26,31)/t14-/m0/s1. The minimum atomic E-state index is -0.480. The molecule has 0 unspecified atom stereocenters. The molecule has 1 aliphatic heterocycles. The second-order valence-corrected chi connectivity index (χ2v) is 7.73. The third-order valence-electron chi connectivity index (χ3n) is 5.14. The van der Waals surface area contributed by atoms with Gasteiger partial charge in [0, 0.05) is 19.2 Å². The number of rotatable bonds is 4. The van der Waals surface area contributed by atoms with Crippen LogP contribution in [0.4, 0.5) is 20.3 Å². The summed E-state index contributed by atoms with van der Waals surface area (Å²) in [5.74, 6) is -0.999. The highest BCUT2D eigenvalue weighted by Crippen LogP contribution is 2.26. The number of hydrogen-bond acceptors (Lipinski definition) is 4. The molecule has 0 aliphatic carbocycles. The van der Waals surface area contributed by atoms with Crippen LogP contribution in [-0.4, -0.2) is 28.8 Å². The van der Waals surface area contributed by atoms with E-state index in [0.29, 0.717) is 36.7 Å². The van der Waals surface area contributed by atoms with E-state index in [4.69, 9.17) is 11.6 Å². The number of piperidine rings is 1. The van der Waals surface area contributed by atoms with E-state index >= 15 is 0 Å². The van der Waals surface area contributed by atoms with Gasteiger partial charge in [-0.15, -0.1) is 5.10 Å². The summed E-state index contributed by atoms with van der Waals surface area (Å²) in [6.45, 7) is 1.05. The van der Waals surface area contributed by atoms with Crippen molar-refractivity contribution in [2.75, 3.05) is 23.3 Å². The molecular formula is C22H19ClF2N4O2. The molecule has 2 heterocycles. The molecule has 1 atom stereocenters. The first-order valence-corrected chi connectivity index (χ1v) is 10.2. The molecule has 6 nitrogen and oxygen atoms in total. The van der Waals surface area contributed by atoms with Crippen LogP contribution in [0, 0.1) is 17.6 Å². The molecule has 31 heavy (non-hydrogen) atoms. The lowest BCUT2D eigenvalue weighted by Crippen LogP contribution is -2.41. The van der Waals surface area contributed by atoms with Crippen LogP contribution in [-0.2, 0) is 4.79 Å². The Morgan fingerprint density at radius 2 is 1.90 bits per heavy atom. The molecule has 4 rings (SSSR count). The lowest BCUT2D eigenvalue weighted by Gasteiger charge is -2.33. The largest absolute Gasteiger partial charge is 0.354 e. The molecule has 1 saturated heterocycles. The molecule has 0 saturated carbocycles. The van der Waals surface area contributed by atoms with E-state index < -0.39 is 11.6 Å². The summed E-state index contributed by atoms with van der Waals surface area (Å²) in [6, 6.07) is 12.4. The first kappa shape index (κ1) is 21.0. The molecular weight excluding hydrogens is 426 g/mol. The van der Waals surface area contributed by atoms with Crippen LogP contribution in [0.3, 0.4) is 0 Å². The number of carbonyl (C=O) groups excluding carboxylic acids is 1. The summed E-state index contributed by atoms with van der Waals surface area (Å²) in [5, 5.41) is 7.26. The Morgan fingerprint density at radius 1 is 1.10 bits per heavy atom. The number of amides is 1. The zero-order valence-electron chi connectivity index (χ0n) is 16.4. The van der Waals surface area contributed by atoms with Crippen molar-refractivity contribution in [3.63, 3.8) is 0 Å². The molecule has 0 bridgehead atoms. The van der Waals surface area contributed by atoms with Gasteiger partial charge >= 0.3 is 0 Å². The third kappa shape index (κ3) is 4.74. The maximum absolute atomic E-state index is 13.6. The van der Waals surface area contributed by atoms with Gasteiger partial charge in [0.1, 0.15) is 17.5 Å². The molecule has 1 aliphatic rings. The summed E-state index contributed by atoms with van der Waals surface area (Å²) in [7, 11) is 0. The first-order chi connectivity index (χ1) is 14.9. The highest BCUT2D eigenvalue weighted by molar-refractivity contribution is 6.33. The van der Waals surface area contributed by atoms with Crippen molar-refractivity contribution in [1.29, 1.82) is 0 Å². The third-order valence-corrected chi connectivity index (χ3v) is 5.46. The number of halogens is 3. The Labute approximate surface area is 182 Å². The van der Waals surface area contributed by atoms with Gasteiger partial charge in [0.2, 0.25) is 5.91 Å². The Bertz CT molecular complexity index is 1180. The van der Waals surface area contributed by atoms with Crippen molar-refractivity contribution in [3.8, 4) is 5.69 Å². The molecule has 1 amide bonds. The molecule has 0 radical (unpaired) electrons. The second-order valence-electron chi connectivity index (χ2n) is 7.32. The maximum atomic E-state index is 13.6. The molecule has 3 aromatic rings. The van der Waals surface area contributed by atoms with E-state index in [1.807, 2.05) is 4.90 Å². The number of nitrogens with zero attached hydrogens (tertiary/aromatic N) is 3. The molecule has 9 heteroatoms. The molecule has 1 aromatic heterocycles. The molecule has 0 spiro atoms. The van der Waals surface area contributed by atoms with Gasteiger partial charge < -0.3 is 10.2 Å².